The Morgan fingerprint density at radius 3 is 2.57 bits per heavy atom. The lowest BCUT2D eigenvalue weighted by Crippen LogP contribution is -2.32. The molecule has 1 aromatic carbocycles. The van der Waals surface area contributed by atoms with Gasteiger partial charge in [0, 0.05) is 17.6 Å². The number of benzene rings is 1. The molecule has 1 atom stereocenters. The fraction of sp³-hybridized carbons (Fsp3) is 0.333. The van der Waals surface area contributed by atoms with Gasteiger partial charge in [-0.1, -0.05) is 31.2 Å². The molecule has 14 heavy (non-hydrogen) atoms. The van der Waals surface area contributed by atoms with Gasteiger partial charge in [0.2, 0.25) is 0 Å². The van der Waals surface area contributed by atoms with Crippen LogP contribution >= 0.6 is 0 Å². The summed E-state index contributed by atoms with van der Waals surface area (Å²) in [4.78, 5) is 0. The van der Waals surface area contributed by atoms with Gasteiger partial charge in [0.1, 0.15) is 0 Å². The summed E-state index contributed by atoms with van der Waals surface area (Å²) in [5, 5.41) is 0. The Labute approximate surface area is 85.6 Å². The van der Waals surface area contributed by atoms with E-state index in [9.17, 15) is 0 Å². The molecule has 0 saturated carbocycles. The first-order valence-electron chi connectivity index (χ1n) is 4.80. The first-order chi connectivity index (χ1) is 6.64. The molecule has 0 fully saturated rings. The number of hydrogen-bond donors (Lipinski definition) is 2. The lowest BCUT2D eigenvalue weighted by Gasteiger charge is -2.28. The Morgan fingerprint density at radius 2 is 2.07 bits per heavy atom. The summed E-state index contributed by atoms with van der Waals surface area (Å²) >= 11 is 0. The van der Waals surface area contributed by atoms with Crippen LogP contribution in [0.2, 0.25) is 0 Å². The van der Waals surface area contributed by atoms with Crippen molar-refractivity contribution in [2.24, 2.45) is 5.73 Å². The van der Waals surface area contributed by atoms with Crippen molar-refractivity contribution in [3.05, 3.63) is 42.5 Å². The van der Waals surface area contributed by atoms with Crippen molar-refractivity contribution in [2.45, 2.75) is 18.8 Å². The third kappa shape index (κ3) is 1.96. The molecule has 0 aliphatic heterocycles. The van der Waals surface area contributed by atoms with E-state index < -0.39 is 0 Å². The highest BCUT2D eigenvalue weighted by atomic mass is 14.6. The highest BCUT2D eigenvalue weighted by molar-refractivity contribution is 5.50. The van der Waals surface area contributed by atoms with E-state index >= 15 is 0 Å². The van der Waals surface area contributed by atoms with Crippen LogP contribution in [-0.2, 0) is 5.41 Å². The third-order valence-corrected chi connectivity index (χ3v) is 2.66. The van der Waals surface area contributed by atoms with Gasteiger partial charge in [0.15, 0.2) is 0 Å². The number of anilines is 1. The smallest absolute Gasteiger partial charge is 0.0352 e. The predicted octanol–water partition coefficient (Wildman–Crippen LogP) is 2.06. The fourth-order valence-corrected chi connectivity index (χ4v) is 1.67. The van der Waals surface area contributed by atoms with Crippen LogP contribution in [0.25, 0.3) is 0 Å². The molecule has 2 nitrogen and oxygen atoms in total. The molecule has 0 aliphatic rings. The van der Waals surface area contributed by atoms with Crippen LogP contribution in [0.5, 0.6) is 0 Å². The highest BCUT2D eigenvalue weighted by Crippen LogP contribution is 2.30. The van der Waals surface area contributed by atoms with Crippen LogP contribution in [0, 0.1) is 0 Å². The first-order valence-corrected chi connectivity index (χ1v) is 4.80. The van der Waals surface area contributed by atoms with Crippen molar-refractivity contribution in [1.82, 2.24) is 0 Å². The molecule has 0 aliphatic carbocycles. The van der Waals surface area contributed by atoms with Gasteiger partial charge in [0.25, 0.3) is 0 Å². The quantitative estimate of drug-likeness (QED) is 0.564. The van der Waals surface area contributed by atoms with E-state index in [1.807, 2.05) is 30.3 Å². The van der Waals surface area contributed by atoms with E-state index in [0.29, 0.717) is 6.54 Å². The SMILES string of the molecule is C=CCC(C)(CN)c1ccccc1N. The second-order valence-electron chi connectivity index (χ2n) is 3.84. The summed E-state index contributed by atoms with van der Waals surface area (Å²) in [5.41, 5.74) is 13.5. The summed E-state index contributed by atoms with van der Waals surface area (Å²) in [6, 6.07) is 7.87. The molecular formula is C12H18N2. The normalized spacial score (nSPS) is 14.7. The number of hydrogen-bond acceptors (Lipinski definition) is 2. The second kappa shape index (κ2) is 4.29. The number of nitrogen functional groups attached to an aromatic ring is 1. The lowest BCUT2D eigenvalue weighted by atomic mass is 9.79. The molecule has 2 heteroatoms. The maximum Gasteiger partial charge on any atom is 0.0352 e. The van der Waals surface area contributed by atoms with Crippen molar-refractivity contribution in [3.63, 3.8) is 0 Å². The molecule has 0 radical (unpaired) electrons. The van der Waals surface area contributed by atoms with Crippen molar-refractivity contribution in [1.29, 1.82) is 0 Å². The summed E-state index contributed by atoms with van der Waals surface area (Å²) in [6.07, 6.45) is 2.73. The van der Waals surface area contributed by atoms with Gasteiger partial charge in [-0.3, -0.25) is 0 Å². The van der Waals surface area contributed by atoms with Crippen LogP contribution in [0.1, 0.15) is 18.9 Å². The van der Waals surface area contributed by atoms with E-state index in [1.165, 1.54) is 0 Å². The largest absolute Gasteiger partial charge is 0.398 e. The average molecular weight is 190 g/mol. The minimum atomic E-state index is -0.0902. The first kappa shape index (κ1) is 10.8. The molecule has 0 aromatic heterocycles. The van der Waals surface area contributed by atoms with E-state index in [2.05, 4.69) is 13.5 Å². The Bertz CT molecular complexity index is 320. The lowest BCUT2D eigenvalue weighted by molar-refractivity contribution is 0.493. The van der Waals surface area contributed by atoms with Gasteiger partial charge in [-0.05, 0) is 18.1 Å². The molecule has 1 unspecified atom stereocenters. The minimum Gasteiger partial charge on any atom is -0.398 e. The molecule has 0 bridgehead atoms. The molecular weight excluding hydrogens is 172 g/mol. The summed E-state index contributed by atoms with van der Waals surface area (Å²) < 4.78 is 0. The topological polar surface area (TPSA) is 52.0 Å². The van der Waals surface area contributed by atoms with E-state index in [4.69, 9.17) is 11.5 Å². The number of nitrogens with two attached hydrogens (primary N) is 2. The Kier molecular flexibility index (Phi) is 3.31. The van der Waals surface area contributed by atoms with Crippen molar-refractivity contribution in [3.8, 4) is 0 Å². The zero-order valence-corrected chi connectivity index (χ0v) is 8.66. The predicted molar refractivity (Wildman–Crippen MR) is 62.1 cm³/mol. The summed E-state index contributed by atoms with van der Waals surface area (Å²) in [6.45, 7) is 6.44. The van der Waals surface area contributed by atoms with Crippen LogP contribution in [0.4, 0.5) is 5.69 Å². The molecule has 0 heterocycles. The Morgan fingerprint density at radius 1 is 1.43 bits per heavy atom. The third-order valence-electron chi connectivity index (χ3n) is 2.66. The maximum absolute atomic E-state index is 5.92. The number of rotatable bonds is 4. The van der Waals surface area contributed by atoms with Crippen molar-refractivity contribution < 1.29 is 0 Å². The van der Waals surface area contributed by atoms with Crippen molar-refractivity contribution in [2.75, 3.05) is 12.3 Å². The van der Waals surface area contributed by atoms with Crippen LogP contribution in [-0.4, -0.2) is 6.54 Å². The summed E-state index contributed by atoms with van der Waals surface area (Å²) in [5.74, 6) is 0. The average Bonchev–Trinajstić information content (AvgIpc) is 2.18. The molecule has 1 aromatic rings. The highest BCUT2D eigenvalue weighted by Gasteiger charge is 2.25. The molecule has 4 N–H and O–H groups in total. The van der Waals surface area contributed by atoms with Crippen LogP contribution in [0.15, 0.2) is 36.9 Å². The zero-order valence-electron chi connectivity index (χ0n) is 8.66. The van der Waals surface area contributed by atoms with Gasteiger partial charge < -0.3 is 11.5 Å². The van der Waals surface area contributed by atoms with Gasteiger partial charge >= 0.3 is 0 Å². The fourth-order valence-electron chi connectivity index (χ4n) is 1.67. The monoisotopic (exact) mass is 190 g/mol. The Balaban J connectivity index is 3.11. The van der Waals surface area contributed by atoms with Gasteiger partial charge in [0.05, 0.1) is 0 Å². The number of allylic oxidation sites excluding steroid dienone is 1. The van der Waals surface area contributed by atoms with Gasteiger partial charge in [-0.25, -0.2) is 0 Å². The number of para-hydroxylation sites is 1. The van der Waals surface area contributed by atoms with Crippen LogP contribution < -0.4 is 11.5 Å². The molecule has 0 saturated heterocycles. The van der Waals surface area contributed by atoms with E-state index in [1.54, 1.807) is 0 Å². The zero-order chi connectivity index (χ0) is 10.6. The minimum absolute atomic E-state index is 0.0902. The van der Waals surface area contributed by atoms with E-state index in [-0.39, 0.29) is 5.41 Å². The molecule has 76 valence electrons. The standard InChI is InChI=1S/C12H18N2/c1-3-8-12(2,9-13)10-6-4-5-7-11(10)14/h3-7H,1,8-9,13-14H2,2H3. The van der Waals surface area contributed by atoms with Crippen LogP contribution in [0.3, 0.4) is 0 Å². The molecule has 0 amide bonds. The Hall–Kier alpha value is -1.28. The second-order valence-corrected chi connectivity index (χ2v) is 3.84. The van der Waals surface area contributed by atoms with Gasteiger partial charge in [-0.2, -0.15) is 0 Å². The summed E-state index contributed by atoms with van der Waals surface area (Å²) in [7, 11) is 0. The van der Waals surface area contributed by atoms with Crippen molar-refractivity contribution >= 4 is 5.69 Å². The molecule has 0 spiro atoms. The van der Waals surface area contributed by atoms with E-state index in [0.717, 1.165) is 17.7 Å². The van der Waals surface area contributed by atoms with Gasteiger partial charge in [-0.15, -0.1) is 6.58 Å². The molecule has 1 rings (SSSR count). The maximum atomic E-state index is 5.92.